The van der Waals surface area contributed by atoms with Crippen molar-refractivity contribution in [1.29, 1.82) is 0 Å². The number of alkyl halides is 3. The molecule has 3 aromatic rings. The number of aromatic amines is 1. The molecule has 41 heavy (non-hydrogen) atoms. The molecule has 3 atom stereocenters. The van der Waals surface area contributed by atoms with Gasteiger partial charge < -0.3 is 19.2 Å². The Kier molecular flexibility index (Phi) is 7.64. The van der Waals surface area contributed by atoms with Gasteiger partial charge in [0.2, 0.25) is 0 Å². The molecule has 0 saturated heterocycles. The van der Waals surface area contributed by atoms with Gasteiger partial charge in [-0.25, -0.2) is 9.78 Å². The van der Waals surface area contributed by atoms with E-state index in [1.165, 1.54) is 17.4 Å². The molecule has 1 amide bonds. The molecule has 1 aromatic carbocycles. The first-order chi connectivity index (χ1) is 19.2. The molecule has 8 nitrogen and oxygen atoms in total. The number of carbonyl (C=O) groups is 1. The summed E-state index contributed by atoms with van der Waals surface area (Å²) in [6.45, 7) is 7.41. The van der Waals surface area contributed by atoms with E-state index in [2.05, 4.69) is 19.5 Å². The Morgan fingerprint density at radius 3 is 2.46 bits per heavy atom. The molecule has 2 heterocycles. The molecule has 0 radical (unpaired) electrons. The number of halogens is 3. The van der Waals surface area contributed by atoms with Crippen molar-refractivity contribution in [3.05, 3.63) is 47.4 Å². The van der Waals surface area contributed by atoms with Crippen molar-refractivity contribution >= 4 is 27.5 Å². The number of rotatable bonds is 8. The predicted octanol–water partition coefficient (Wildman–Crippen LogP) is 7.76. The minimum absolute atomic E-state index is 0.0315. The summed E-state index contributed by atoms with van der Waals surface area (Å²) in [4.78, 5) is 22.0. The Morgan fingerprint density at radius 2 is 1.80 bits per heavy atom. The van der Waals surface area contributed by atoms with Crippen LogP contribution in [0.2, 0.25) is 0 Å². The van der Waals surface area contributed by atoms with Gasteiger partial charge in [-0.15, -0.1) is 11.3 Å². The number of carbonyl (C=O) groups excluding carboxylic acids is 1. The zero-order chi connectivity index (χ0) is 29.7. The van der Waals surface area contributed by atoms with Gasteiger partial charge in [-0.1, -0.05) is 13.3 Å². The third-order valence-electron chi connectivity index (χ3n) is 7.31. The van der Waals surface area contributed by atoms with Gasteiger partial charge in [0.15, 0.2) is 0 Å². The van der Waals surface area contributed by atoms with E-state index in [4.69, 9.17) is 4.74 Å². The molecule has 1 fully saturated rings. The quantitative estimate of drug-likeness (QED) is 0.199. The highest BCUT2D eigenvalue weighted by molar-refractivity contribution is 7.88. The minimum Gasteiger partial charge on any atom is -0.444 e. The van der Waals surface area contributed by atoms with E-state index < -0.39 is 27.3 Å². The third-order valence-corrected chi connectivity index (χ3v) is 9.43. The number of alkyl carbamates (subject to hydrolysis) is 1. The number of aromatic nitrogens is 2. The van der Waals surface area contributed by atoms with Crippen LogP contribution in [0.3, 0.4) is 0 Å². The number of hydrogen-bond acceptors (Lipinski definition) is 7. The zero-order valence-electron chi connectivity index (χ0n) is 23.1. The maximum Gasteiger partial charge on any atom is 0.534 e. The third kappa shape index (κ3) is 5.97. The number of thiophene rings is 1. The molecule has 2 aromatic heterocycles. The van der Waals surface area contributed by atoms with Gasteiger partial charge in [-0.05, 0) is 93.7 Å². The van der Waals surface area contributed by atoms with Crippen LogP contribution in [0.4, 0.5) is 18.0 Å². The average Bonchev–Trinajstić information content (AvgIpc) is 3.66. The van der Waals surface area contributed by atoms with Crippen LogP contribution < -0.4 is 9.50 Å². The number of imidazole rings is 1. The molecule has 2 unspecified atom stereocenters. The molecule has 222 valence electrons. The molecule has 5 rings (SSSR count). The molecule has 0 spiro atoms. The Balaban J connectivity index is 1.42. The van der Waals surface area contributed by atoms with Gasteiger partial charge in [0.1, 0.15) is 17.2 Å². The molecule has 2 aliphatic rings. The van der Waals surface area contributed by atoms with Crippen LogP contribution in [0.1, 0.15) is 94.6 Å². The first kappa shape index (κ1) is 29.4. The Hall–Kier alpha value is -3.06. The number of nitrogens with one attached hydrogen (secondary N) is 2. The number of amides is 1. The molecule has 1 saturated carbocycles. The Bertz CT molecular complexity index is 1560. The second-order valence-electron chi connectivity index (χ2n) is 11.5. The van der Waals surface area contributed by atoms with Crippen molar-refractivity contribution in [2.45, 2.75) is 88.8 Å². The SMILES string of the molecule is CCC[C@H](NC(=O)OC(C)(C)C)c1ncc(-c2ccc(-c3ccc(OS(=O)(=O)C(F)(F)F)c4c3C3CCC4C3)s2)[nH]1. The summed E-state index contributed by atoms with van der Waals surface area (Å²) in [6.07, 6.45) is 5.10. The highest BCUT2D eigenvalue weighted by Gasteiger charge is 2.50. The number of fused-ring (bicyclic) bond motifs is 5. The average molecular weight is 612 g/mol. The van der Waals surface area contributed by atoms with Gasteiger partial charge in [-0.3, -0.25) is 0 Å². The number of H-pyrrole nitrogens is 1. The van der Waals surface area contributed by atoms with E-state index in [0.29, 0.717) is 17.8 Å². The molecular weight excluding hydrogens is 579 g/mol. The van der Waals surface area contributed by atoms with Crippen LogP contribution in [0, 0.1) is 0 Å². The van der Waals surface area contributed by atoms with Crippen molar-refractivity contribution in [2.24, 2.45) is 0 Å². The normalized spacial score (nSPS) is 19.2. The van der Waals surface area contributed by atoms with Crippen LogP contribution in [0.25, 0.3) is 21.0 Å². The number of nitrogens with zero attached hydrogens (tertiary/aromatic N) is 1. The first-order valence-corrected chi connectivity index (χ1v) is 15.7. The summed E-state index contributed by atoms with van der Waals surface area (Å²) >= 11 is 1.49. The van der Waals surface area contributed by atoms with Crippen LogP contribution in [-0.2, 0) is 14.9 Å². The highest BCUT2D eigenvalue weighted by atomic mass is 32.2. The van der Waals surface area contributed by atoms with Crippen LogP contribution >= 0.6 is 11.3 Å². The fourth-order valence-electron chi connectivity index (χ4n) is 5.72. The lowest BCUT2D eigenvalue weighted by atomic mass is 9.87. The second kappa shape index (κ2) is 10.6. The summed E-state index contributed by atoms with van der Waals surface area (Å²) in [5, 5.41) is 2.88. The van der Waals surface area contributed by atoms with Crippen molar-refractivity contribution < 1.29 is 35.3 Å². The van der Waals surface area contributed by atoms with Gasteiger partial charge in [-0.2, -0.15) is 21.6 Å². The fourth-order valence-corrected chi connectivity index (χ4v) is 7.21. The smallest absolute Gasteiger partial charge is 0.444 e. The number of hydrogen-bond donors (Lipinski definition) is 2. The summed E-state index contributed by atoms with van der Waals surface area (Å²) in [5.41, 5.74) is -3.05. The lowest BCUT2D eigenvalue weighted by Crippen LogP contribution is -2.35. The van der Waals surface area contributed by atoms with Gasteiger partial charge in [0.25, 0.3) is 0 Å². The van der Waals surface area contributed by atoms with Crippen LogP contribution in [0.5, 0.6) is 5.75 Å². The predicted molar refractivity (Wildman–Crippen MR) is 149 cm³/mol. The Labute approximate surface area is 240 Å². The molecule has 13 heteroatoms. The van der Waals surface area contributed by atoms with Crippen molar-refractivity contribution in [3.8, 4) is 26.8 Å². The highest BCUT2D eigenvalue weighted by Crippen LogP contribution is 2.59. The summed E-state index contributed by atoms with van der Waals surface area (Å²) < 4.78 is 72.7. The topological polar surface area (TPSA) is 110 Å². The number of ether oxygens (including phenoxy) is 1. The van der Waals surface area contributed by atoms with Gasteiger partial charge in [0.05, 0.1) is 22.8 Å². The van der Waals surface area contributed by atoms with Crippen molar-refractivity contribution in [2.75, 3.05) is 0 Å². The lowest BCUT2D eigenvalue weighted by molar-refractivity contribution is -0.0500. The molecule has 0 aliphatic heterocycles. The fraction of sp³-hybridized carbons (Fsp3) is 0.500. The Morgan fingerprint density at radius 1 is 1.12 bits per heavy atom. The summed E-state index contributed by atoms with van der Waals surface area (Å²) in [5.74, 6) is 0.479. The monoisotopic (exact) mass is 611 g/mol. The van der Waals surface area contributed by atoms with Crippen LogP contribution in [-0.4, -0.2) is 35.6 Å². The summed E-state index contributed by atoms with van der Waals surface area (Å²) in [7, 11) is -5.77. The van der Waals surface area contributed by atoms with Crippen molar-refractivity contribution in [1.82, 2.24) is 15.3 Å². The maximum atomic E-state index is 13.0. The van der Waals surface area contributed by atoms with E-state index in [-0.39, 0.29) is 23.6 Å². The molecular formula is C28H32F3N3O5S2. The van der Waals surface area contributed by atoms with E-state index in [0.717, 1.165) is 52.3 Å². The minimum atomic E-state index is -5.77. The van der Waals surface area contributed by atoms with Gasteiger partial charge >= 0.3 is 21.7 Å². The molecule has 2 aliphatic carbocycles. The number of benzene rings is 1. The summed E-state index contributed by atoms with van der Waals surface area (Å²) in [6, 6.07) is 6.51. The van der Waals surface area contributed by atoms with Crippen molar-refractivity contribution in [3.63, 3.8) is 0 Å². The first-order valence-electron chi connectivity index (χ1n) is 13.5. The van der Waals surface area contributed by atoms with E-state index >= 15 is 0 Å². The van der Waals surface area contributed by atoms with E-state index in [9.17, 15) is 26.4 Å². The lowest BCUT2D eigenvalue weighted by Gasteiger charge is -2.22. The van der Waals surface area contributed by atoms with Gasteiger partial charge in [0, 0.05) is 10.4 Å². The van der Waals surface area contributed by atoms with Crippen LogP contribution in [0.15, 0.2) is 30.5 Å². The molecule has 2 N–H and O–H groups in total. The maximum absolute atomic E-state index is 13.0. The second-order valence-corrected chi connectivity index (χ2v) is 14.1. The van der Waals surface area contributed by atoms with E-state index in [1.807, 2.05) is 19.1 Å². The largest absolute Gasteiger partial charge is 0.534 e. The zero-order valence-corrected chi connectivity index (χ0v) is 24.7. The molecule has 2 bridgehead atoms. The standard InChI is InChI=1S/C28H32F3N3O5S2/c1-5-6-18(34-26(35)38-27(2,3)4)25-32-14-19(33-25)22-12-11-21(40-22)17-9-10-20(39-41(36,37)28(29,30)31)24-16-8-7-15(13-16)23(17)24/h9-12,14-16,18H,5-8,13H2,1-4H3,(H,32,33)(H,34,35)/t15?,16?,18-/m0/s1. The van der Waals surface area contributed by atoms with E-state index in [1.54, 1.807) is 33.0 Å².